The van der Waals surface area contributed by atoms with Crippen LogP contribution in [0.5, 0.6) is 0 Å². The molecule has 0 aromatic carbocycles. The minimum Gasteiger partial charge on any atom is -0.383 e. The number of anilines is 1. The molecule has 1 atom stereocenters. The lowest BCUT2D eigenvalue weighted by molar-refractivity contribution is 0.382. The summed E-state index contributed by atoms with van der Waals surface area (Å²) >= 11 is 0. The molecule has 0 radical (unpaired) electrons. The first-order valence-corrected chi connectivity index (χ1v) is 6.99. The Morgan fingerprint density at radius 3 is 2.63 bits per heavy atom. The highest BCUT2D eigenvalue weighted by Crippen LogP contribution is 2.27. The lowest BCUT2D eigenvalue weighted by atomic mass is 10.0. The van der Waals surface area contributed by atoms with Gasteiger partial charge in [0.15, 0.2) is 5.65 Å². The van der Waals surface area contributed by atoms with Crippen molar-refractivity contribution < 1.29 is 0 Å². The molecule has 0 bridgehead atoms. The van der Waals surface area contributed by atoms with Gasteiger partial charge in [-0.3, -0.25) is 0 Å². The largest absolute Gasteiger partial charge is 0.383 e. The van der Waals surface area contributed by atoms with E-state index in [2.05, 4.69) is 35.8 Å². The van der Waals surface area contributed by atoms with E-state index in [9.17, 15) is 0 Å². The average Bonchev–Trinajstić information content (AvgIpc) is 2.69. The van der Waals surface area contributed by atoms with E-state index in [1.807, 2.05) is 11.6 Å². The molecule has 104 valence electrons. The summed E-state index contributed by atoms with van der Waals surface area (Å²) in [4.78, 5) is 8.42. The van der Waals surface area contributed by atoms with Crippen LogP contribution in [-0.4, -0.2) is 19.7 Å². The van der Waals surface area contributed by atoms with Gasteiger partial charge in [-0.1, -0.05) is 20.8 Å². The van der Waals surface area contributed by atoms with Gasteiger partial charge in [0, 0.05) is 0 Å². The number of aryl methyl sites for hydroxylation is 1. The molecule has 2 N–H and O–H groups in total. The van der Waals surface area contributed by atoms with Gasteiger partial charge >= 0.3 is 0 Å². The van der Waals surface area contributed by atoms with Crippen molar-refractivity contribution in [3.63, 3.8) is 0 Å². The van der Waals surface area contributed by atoms with Gasteiger partial charge in [-0.2, -0.15) is 5.10 Å². The highest BCUT2D eigenvalue weighted by molar-refractivity contribution is 5.87. The maximum Gasteiger partial charge on any atom is 0.163 e. The summed E-state index contributed by atoms with van der Waals surface area (Å²) in [6.07, 6.45) is 4.88. The van der Waals surface area contributed by atoms with Crippen molar-refractivity contribution >= 4 is 16.9 Å². The zero-order valence-electron chi connectivity index (χ0n) is 12.2. The molecule has 19 heavy (non-hydrogen) atoms. The summed E-state index contributed by atoms with van der Waals surface area (Å²) in [5, 5.41) is 5.53. The predicted octanol–water partition coefficient (Wildman–Crippen LogP) is 3.10. The van der Waals surface area contributed by atoms with Crippen LogP contribution < -0.4 is 5.73 Å². The summed E-state index contributed by atoms with van der Waals surface area (Å²) in [5.41, 5.74) is 7.70. The van der Waals surface area contributed by atoms with Gasteiger partial charge in [0.1, 0.15) is 12.1 Å². The number of nitrogens with two attached hydrogens (primary N) is 1. The lowest BCUT2D eigenvalue weighted by Crippen LogP contribution is -2.11. The molecule has 1 unspecified atom stereocenters. The van der Waals surface area contributed by atoms with E-state index in [0.717, 1.165) is 29.6 Å². The second kappa shape index (κ2) is 5.55. The minimum atomic E-state index is 0.382. The number of aromatic nitrogens is 4. The van der Waals surface area contributed by atoms with Crippen molar-refractivity contribution in [3.8, 4) is 0 Å². The Hall–Kier alpha value is -1.65. The molecule has 0 amide bonds. The third kappa shape index (κ3) is 2.69. The molecular formula is C14H23N5. The molecule has 0 spiro atoms. The van der Waals surface area contributed by atoms with Crippen LogP contribution in [0.1, 0.15) is 51.8 Å². The molecular weight excluding hydrogens is 238 g/mol. The number of hydrogen-bond donors (Lipinski definition) is 1. The SMILES string of the molecule is CCC(CCC(C)C)n1nc(C)c2c(N)ncnc21. The zero-order chi connectivity index (χ0) is 14.0. The summed E-state index contributed by atoms with van der Waals surface area (Å²) in [6.45, 7) is 8.66. The van der Waals surface area contributed by atoms with Crippen LogP contribution in [0.2, 0.25) is 0 Å². The first kappa shape index (κ1) is 13.8. The molecule has 2 aromatic heterocycles. The topological polar surface area (TPSA) is 69.6 Å². The Bertz CT molecular complexity index is 558. The second-order valence-electron chi connectivity index (χ2n) is 5.52. The highest BCUT2D eigenvalue weighted by atomic mass is 15.3. The van der Waals surface area contributed by atoms with Crippen LogP contribution in [0.3, 0.4) is 0 Å². The number of nitrogens with zero attached hydrogens (tertiary/aromatic N) is 4. The normalized spacial score (nSPS) is 13.3. The zero-order valence-corrected chi connectivity index (χ0v) is 12.2. The van der Waals surface area contributed by atoms with E-state index in [1.165, 1.54) is 12.7 Å². The van der Waals surface area contributed by atoms with E-state index >= 15 is 0 Å². The van der Waals surface area contributed by atoms with Crippen molar-refractivity contribution in [1.82, 2.24) is 19.7 Å². The second-order valence-corrected chi connectivity index (χ2v) is 5.52. The van der Waals surface area contributed by atoms with Gasteiger partial charge in [-0.05, 0) is 32.1 Å². The van der Waals surface area contributed by atoms with E-state index in [4.69, 9.17) is 5.73 Å². The molecule has 0 saturated heterocycles. The Kier molecular flexibility index (Phi) is 4.02. The predicted molar refractivity (Wildman–Crippen MR) is 77.9 cm³/mol. The van der Waals surface area contributed by atoms with Crippen LogP contribution in [0.25, 0.3) is 11.0 Å². The van der Waals surface area contributed by atoms with Crippen LogP contribution >= 0.6 is 0 Å². The van der Waals surface area contributed by atoms with Crippen molar-refractivity contribution in [3.05, 3.63) is 12.0 Å². The molecule has 2 rings (SSSR count). The summed E-state index contributed by atoms with van der Waals surface area (Å²) in [5.74, 6) is 1.23. The van der Waals surface area contributed by atoms with Gasteiger partial charge in [-0.15, -0.1) is 0 Å². The summed E-state index contributed by atoms with van der Waals surface area (Å²) < 4.78 is 2.03. The van der Waals surface area contributed by atoms with Crippen molar-refractivity contribution in [2.45, 2.75) is 53.0 Å². The van der Waals surface area contributed by atoms with Gasteiger partial charge in [0.2, 0.25) is 0 Å². The fourth-order valence-corrected chi connectivity index (χ4v) is 2.45. The van der Waals surface area contributed by atoms with E-state index in [-0.39, 0.29) is 0 Å². The minimum absolute atomic E-state index is 0.382. The van der Waals surface area contributed by atoms with Gasteiger partial charge < -0.3 is 5.73 Å². The molecule has 2 heterocycles. The summed E-state index contributed by atoms with van der Waals surface area (Å²) in [7, 11) is 0. The van der Waals surface area contributed by atoms with E-state index in [1.54, 1.807) is 0 Å². The standard InChI is InChI=1S/C14H23N5/c1-5-11(7-6-9(2)3)19-14-12(10(4)18-19)13(15)16-8-17-14/h8-9,11H,5-7H2,1-4H3,(H2,15,16,17). The number of fused-ring (bicyclic) bond motifs is 1. The van der Waals surface area contributed by atoms with Crippen LogP contribution in [0.4, 0.5) is 5.82 Å². The third-order valence-electron chi connectivity index (χ3n) is 3.59. The van der Waals surface area contributed by atoms with Gasteiger partial charge in [-0.25, -0.2) is 14.6 Å². The summed E-state index contributed by atoms with van der Waals surface area (Å²) in [6, 6.07) is 0.382. The smallest absolute Gasteiger partial charge is 0.163 e. The van der Waals surface area contributed by atoms with Crippen LogP contribution in [-0.2, 0) is 0 Å². The van der Waals surface area contributed by atoms with Crippen LogP contribution in [0.15, 0.2) is 6.33 Å². The maximum atomic E-state index is 5.93. The highest BCUT2D eigenvalue weighted by Gasteiger charge is 2.18. The molecule has 0 aliphatic rings. The first-order chi connectivity index (χ1) is 9.04. The molecule has 0 aliphatic heterocycles. The molecule has 0 fully saturated rings. The Morgan fingerprint density at radius 1 is 1.26 bits per heavy atom. The first-order valence-electron chi connectivity index (χ1n) is 6.99. The van der Waals surface area contributed by atoms with E-state index < -0.39 is 0 Å². The number of hydrogen-bond acceptors (Lipinski definition) is 4. The Balaban J connectivity index is 2.41. The molecule has 0 aliphatic carbocycles. The van der Waals surface area contributed by atoms with Gasteiger partial charge in [0.05, 0.1) is 17.1 Å². The van der Waals surface area contributed by atoms with Crippen molar-refractivity contribution in [2.24, 2.45) is 5.92 Å². The van der Waals surface area contributed by atoms with Crippen molar-refractivity contribution in [1.29, 1.82) is 0 Å². The van der Waals surface area contributed by atoms with Crippen LogP contribution in [0, 0.1) is 12.8 Å². The monoisotopic (exact) mass is 261 g/mol. The number of rotatable bonds is 5. The molecule has 0 saturated carbocycles. The molecule has 5 heteroatoms. The average molecular weight is 261 g/mol. The fourth-order valence-electron chi connectivity index (χ4n) is 2.45. The third-order valence-corrected chi connectivity index (χ3v) is 3.59. The number of nitrogen functional groups attached to an aromatic ring is 1. The van der Waals surface area contributed by atoms with E-state index in [0.29, 0.717) is 17.8 Å². The Labute approximate surface area is 114 Å². The lowest BCUT2D eigenvalue weighted by Gasteiger charge is -2.17. The van der Waals surface area contributed by atoms with Gasteiger partial charge in [0.25, 0.3) is 0 Å². The molecule has 2 aromatic rings. The quantitative estimate of drug-likeness (QED) is 0.897. The van der Waals surface area contributed by atoms with Crippen molar-refractivity contribution in [2.75, 3.05) is 5.73 Å². The molecule has 5 nitrogen and oxygen atoms in total. The Morgan fingerprint density at radius 2 is 2.00 bits per heavy atom. The fraction of sp³-hybridized carbons (Fsp3) is 0.643. The maximum absolute atomic E-state index is 5.93.